The van der Waals surface area contributed by atoms with Crippen molar-refractivity contribution in [3.05, 3.63) is 206 Å². The van der Waals surface area contributed by atoms with E-state index in [9.17, 15) is 1.37 Å². The Kier molecular flexibility index (Phi) is 6.48. The minimum absolute atomic E-state index is 0.0251. The van der Waals surface area contributed by atoms with Crippen LogP contribution in [0.15, 0.2) is 211 Å². The molecule has 0 bridgehead atoms. The molecule has 0 aliphatic carbocycles. The molecule has 0 saturated carbocycles. The van der Waals surface area contributed by atoms with E-state index in [2.05, 4.69) is 65.2 Å². The summed E-state index contributed by atoms with van der Waals surface area (Å²) < 4.78 is 62.1. The zero-order valence-electron chi connectivity index (χ0n) is 37.9. The quantitative estimate of drug-likeness (QED) is 0.169. The summed E-state index contributed by atoms with van der Waals surface area (Å²) in [5.41, 5.74) is 7.74. The zero-order valence-corrected chi connectivity index (χ0v) is 31.9. The highest BCUT2D eigenvalue weighted by Crippen LogP contribution is 2.42. The summed E-state index contributed by atoms with van der Waals surface area (Å²) >= 11 is 0. The van der Waals surface area contributed by atoms with Crippen LogP contribution < -0.4 is 0 Å². The largest absolute Gasteiger partial charge is 0.455 e. The van der Waals surface area contributed by atoms with Crippen molar-refractivity contribution in [1.82, 2.24) is 19.5 Å². The highest BCUT2D eigenvalue weighted by molar-refractivity contribution is 6.12. The van der Waals surface area contributed by atoms with Crippen LogP contribution in [-0.2, 0) is 0 Å². The molecular weight excluding hydrogens is 733 g/mol. The van der Waals surface area contributed by atoms with E-state index in [-0.39, 0.29) is 63.8 Å². The minimum Gasteiger partial charge on any atom is -0.455 e. The van der Waals surface area contributed by atoms with Gasteiger partial charge in [0.05, 0.1) is 24.9 Å². The topological polar surface area (TPSA) is 56.7 Å². The van der Waals surface area contributed by atoms with E-state index in [0.29, 0.717) is 34.3 Å². The van der Waals surface area contributed by atoms with Crippen molar-refractivity contribution in [2.24, 2.45) is 0 Å². The summed E-state index contributed by atoms with van der Waals surface area (Å²) in [7, 11) is 0. The molecule has 3 heterocycles. The van der Waals surface area contributed by atoms with Gasteiger partial charge in [-0.3, -0.25) is 0 Å². The number of para-hydroxylation sites is 4. The van der Waals surface area contributed by atoms with E-state index in [1.165, 1.54) is 16.8 Å². The molecule has 5 nitrogen and oxygen atoms in total. The Morgan fingerprint density at radius 3 is 1.77 bits per heavy atom. The van der Waals surface area contributed by atoms with Gasteiger partial charge in [-0.25, -0.2) is 15.0 Å². The Balaban J connectivity index is 1.12. The van der Waals surface area contributed by atoms with Crippen LogP contribution in [0.3, 0.4) is 0 Å². The first-order valence-corrected chi connectivity index (χ1v) is 19.7. The van der Waals surface area contributed by atoms with Crippen molar-refractivity contribution >= 4 is 54.5 Å². The van der Waals surface area contributed by atoms with Gasteiger partial charge in [0.1, 0.15) is 11.2 Å². The van der Waals surface area contributed by atoms with Gasteiger partial charge in [0.25, 0.3) is 0 Å². The summed E-state index contributed by atoms with van der Waals surface area (Å²) in [6.07, 6.45) is 0. The Labute approximate surface area is 353 Å². The first-order chi connectivity index (χ1) is 32.2. The van der Waals surface area contributed by atoms with Crippen molar-refractivity contribution < 1.29 is 12.6 Å². The summed E-state index contributed by atoms with van der Waals surface area (Å²) in [6, 6.07) is 54.4. The van der Waals surface area contributed by atoms with Gasteiger partial charge in [-0.15, -0.1) is 0 Å². The van der Waals surface area contributed by atoms with Gasteiger partial charge in [0.2, 0.25) is 0 Å². The van der Waals surface area contributed by atoms with Gasteiger partial charge in [0, 0.05) is 49.4 Å². The van der Waals surface area contributed by atoms with E-state index in [4.69, 9.17) is 26.2 Å². The van der Waals surface area contributed by atoms with Gasteiger partial charge in [-0.05, 0) is 46.1 Å². The van der Waals surface area contributed by atoms with Crippen molar-refractivity contribution in [3.8, 4) is 62.1 Å². The molecular formula is C55H34N4O. The van der Waals surface area contributed by atoms with Crippen LogP contribution in [0.25, 0.3) is 117 Å². The van der Waals surface area contributed by atoms with E-state index < -0.39 is 0 Å². The molecule has 0 N–H and O–H groups in total. The van der Waals surface area contributed by atoms with Gasteiger partial charge >= 0.3 is 0 Å². The van der Waals surface area contributed by atoms with Gasteiger partial charge in [-0.1, -0.05) is 182 Å². The number of benzene rings is 9. The fraction of sp³-hybridized carbons (Fsp3) is 0. The van der Waals surface area contributed by atoms with Crippen molar-refractivity contribution in [3.63, 3.8) is 0 Å². The number of nitrogens with zero attached hydrogens (tertiary/aromatic N) is 4. The molecule has 9 aromatic carbocycles. The molecule has 0 radical (unpaired) electrons. The first-order valence-electron chi connectivity index (χ1n) is 22.7. The van der Waals surface area contributed by atoms with Crippen LogP contribution in [0.1, 0.15) is 8.22 Å². The molecule has 0 saturated heterocycles. The molecule has 0 aliphatic rings. The molecule has 0 atom stereocenters. The molecule has 3 aromatic heterocycles. The lowest BCUT2D eigenvalue weighted by atomic mass is 9.97. The van der Waals surface area contributed by atoms with Gasteiger partial charge in [-0.2, -0.15) is 0 Å². The molecule has 0 unspecified atom stereocenters. The maximum absolute atomic E-state index is 9.46. The summed E-state index contributed by atoms with van der Waals surface area (Å²) in [4.78, 5) is 15.3. The molecule has 12 aromatic rings. The van der Waals surface area contributed by atoms with Crippen LogP contribution in [0.2, 0.25) is 0 Å². The van der Waals surface area contributed by atoms with Crippen LogP contribution in [-0.4, -0.2) is 19.5 Å². The average Bonchev–Trinajstić information content (AvgIpc) is 3.93. The SMILES string of the molecule is [2H]c1cc([2H])c2oc3c(-c4ccc(-c5nc(-c6ccccc6)nc(-c6ccc(-c7cccc8ccccc78)cc6)n5)cc4-n4c5ccccc5c5ccccc54)c([2H])c([2H])c([2H])c3c2c1[2H]. The smallest absolute Gasteiger partial charge is 0.164 e. The van der Waals surface area contributed by atoms with E-state index in [0.717, 1.165) is 44.1 Å². The van der Waals surface area contributed by atoms with E-state index >= 15 is 0 Å². The molecule has 5 heteroatoms. The average molecular weight is 773 g/mol. The van der Waals surface area contributed by atoms with Gasteiger partial charge in [0.15, 0.2) is 17.5 Å². The highest BCUT2D eigenvalue weighted by atomic mass is 16.3. The molecule has 0 amide bonds. The maximum Gasteiger partial charge on any atom is 0.164 e. The first kappa shape index (κ1) is 28.3. The maximum atomic E-state index is 9.46. The van der Waals surface area contributed by atoms with Gasteiger partial charge < -0.3 is 8.98 Å². The lowest BCUT2D eigenvalue weighted by molar-refractivity contribution is 0.670. The second-order valence-corrected chi connectivity index (χ2v) is 14.7. The van der Waals surface area contributed by atoms with Crippen LogP contribution in [0.4, 0.5) is 0 Å². The highest BCUT2D eigenvalue weighted by Gasteiger charge is 2.21. The van der Waals surface area contributed by atoms with Crippen LogP contribution >= 0.6 is 0 Å². The minimum atomic E-state index is -0.361. The number of rotatable bonds is 6. The number of fused-ring (bicyclic) bond motifs is 7. The third-order valence-electron chi connectivity index (χ3n) is 11.2. The Morgan fingerprint density at radius 1 is 0.400 bits per heavy atom. The normalized spacial score (nSPS) is 13.1. The standard InChI is InChI=1S/C55H34N4O/c1-2-15-37(16-3-1)53-56-54(38-30-28-36(29-31-38)41-22-12-17-35-14-4-5-18-40(35)41)58-55(57-53)39-32-33-44(46-23-13-24-47-45-21-8-11-27-51(45)60-52(46)47)50(34-39)59-48-25-9-6-19-42(48)43-20-7-10-26-49(43)59/h1-34H/i8D,13D,21D,23D,24D,27D. The lowest BCUT2D eigenvalue weighted by Crippen LogP contribution is -2.02. The van der Waals surface area contributed by atoms with Crippen molar-refractivity contribution in [2.75, 3.05) is 0 Å². The second kappa shape index (κ2) is 13.8. The number of furan rings is 1. The molecule has 0 fully saturated rings. The fourth-order valence-corrected chi connectivity index (χ4v) is 8.44. The zero-order chi connectivity index (χ0) is 44.8. The molecule has 280 valence electrons. The Bertz CT molecular complexity index is 3900. The van der Waals surface area contributed by atoms with Crippen LogP contribution in [0, 0.1) is 0 Å². The van der Waals surface area contributed by atoms with Crippen molar-refractivity contribution in [2.45, 2.75) is 0 Å². The molecule has 12 rings (SSSR count). The summed E-state index contributed by atoms with van der Waals surface area (Å²) in [5.74, 6) is 1.39. The number of aromatic nitrogens is 4. The van der Waals surface area contributed by atoms with Crippen LogP contribution in [0.5, 0.6) is 0 Å². The third-order valence-corrected chi connectivity index (χ3v) is 11.2. The number of hydrogen-bond acceptors (Lipinski definition) is 4. The Morgan fingerprint density at radius 2 is 1.00 bits per heavy atom. The predicted molar refractivity (Wildman–Crippen MR) is 246 cm³/mol. The van der Waals surface area contributed by atoms with Crippen molar-refractivity contribution in [1.29, 1.82) is 0 Å². The monoisotopic (exact) mass is 772 g/mol. The fourth-order valence-electron chi connectivity index (χ4n) is 8.44. The predicted octanol–water partition coefficient (Wildman–Crippen LogP) is 14.4. The Hall–Kier alpha value is -8.15. The summed E-state index contributed by atoms with van der Waals surface area (Å²) in [6.45, 7) is 0. The molecule has 60 heavy (non-hydrogen) atoms. The van der Waals surface area contributed by atoms with E-state index in [1.54, 1.807) is 0 Å². The third kappa shape index (κ3) is 5.52. The molecule has 0 aliphatic heterocycles. The van der Waals surface area contributed by atoms with E-state index in [1.807, 2.05) is 103 Å². The lowest BCUT2D eigenvalue weighted by Gasteiger charge is -2.16. The second-order valence-electron chi connectivity index (χ2n) is 14.7. The molecule has 0 spiro atoms. The summed E-state index contributed by atoms with van der Waals surface area (Å²) in [5, 5.41) is 4.57. The number of hydrogen-bond donors (Lipinski definition) is 0.